The summed E-state index contributed by atoms with van der Waals surface area (Å²) in [7, 11) is 5.16. The molecule has 1 saturated heterocycles. The monoisotopic (exact) mass is 483 g/mol. The van der Waals surface area contributed by atoms with Crippen LogP contribution in [0.2, 0.25) is 0 Å². The maximum Gasteiger partial charge on any atom is 0.272 e. The van der Waals surface area contributed by atoms with Gasteiger partial charge in [-0.2, -0.15) is 0 Å². The average Bonchev–Trinajstić information content (AvgIpc) is 2.85. The van der Waals surface area contributed by atoms with Crippen molar-refractivity contribution < 1.29 is 28.3 Å². The second kappa shape index (κ2) is 12.0. The molecule has 3 rings (SSSR count). The van der Waals surface area contributed by atoms with E-state index in [1.165, 1.54) is 25.3 Å². The molecule has 2 aromatic rings. The molecule has 0 aromatic heterocycles. The molecule has 1 heterocycles. The summed E-state index contributed by atoms with van der Waals surface area (Å²) in [6, 6.07) is 8.52. The van der Waals surface area contributed by atoms with Crippen LogP contribution in [0.5, 0.6) is 11.5 Å². The first kappa shape index (κ1) is 25.7. The molecule has 0 spiro atoms. The van der Waals surface area contributed by atoms with Crippen LogP contribution in [0.15, 0.2) is 48.7 Å². The maximum atomic E-state index is 14.6. The number of hydrogen-bond acceptors (Lipinski definition) is 7. The lowest BCUT2D eigenvalue weighted by atomic mass is 10.0. The third-order valence-electron chi connectivity index (χ3n) is 5.06. The van der Waals surface area contributed by atoms with Gasteiger partial charge >= 0.3 is 0 Å². The van der Waals surface area contributed by atoms with Crippen LogP contribution in [0.3, 0.4) is 0 Å². The number of nitrogens with zero attached hydrogens (tertiary/aromatic N) is 3. The normalized spacial score (nSPS) is 16.4. The Morgan fingerprint density at radius 2 is 2.09 bits per heavy atom. The molecule has 0 saturated carbocycles. The number of rotatable bonds is 9. The van der Waals surface area contributed by atoms with Crippen LogP contribution < -0.4 is 9.47 Å². The largest absolute Gasteiger partial charge is 0.493 e. The van der Waals surface area contributed by atoms with Crippen molar-refractivity contribution in [3.05, 3.63) is 87.1 Å². The molecule has 35 heavy (non-hydrogen) atoms. The van der Waals surface area contributed by atoms with Gasteiger partial charge in [-0.3, -0.25) is 10.1 Å². The van der Waals surface area contributed by atoms with Gasteiger partial charge in [-0.25, -0.2) is 9.24 Å². The summed E-state index contributed by atoms with van der Waals surface area (Å²) in [4.78, 5) is 15.5. The molecule has 0 N–H and O–H groups in total. The van der Waals surface area contributed by atoms with Gasteiger partial charge in [0, 0.05) is 31.9 Å². The van der Waals surface area contributed by atoms with Crippen LogP contribution >= 0.6 is 0 Å². The summed E-state index contributed by atoms with van der Waals surface area (Å²) in [5.41, 5.74) is 0.887. The van der Waals surface area contributed by atoms with E-state index in [0.29, 0.717) is 49.1 Å². The van der Waals surface area contributed by atoms with E-state index in [2.05, 4.69) is 4.85 Å². The molecule has 0 amide bonds. The van der Waals surface area contributed by atoms with Gasteiger partial charge in [0.15, 0.2) is 17.2 Å². The maximum absolute atomic E-state index is 14.6. The standard InChI is InChI=1S/C25H26FN3O6/c1-27-23(21-7-6-19(29(30)31)13-22(21)26)11-18(14-28(2)3)17-5-8-24(25(12-17)32-4)35-16-20-15-33-9-10-34-20/h5-8,11-14,20H,9-10,15-16H2,2-4H3/b18-14-,23-11-/t20-/m1/s1. The van der Waals surface area contributed by atoms with E-state index >= 15 is 0 Å². The van der Waals surface area contributed by atoms with Gasteiger partial charge in [-0.1, -0.05) is 12.1 Å². The Bertz CT molecular complexity index is 1170. The first-order valence-corrected chi connectivity index (χ1v) is 10.7. The molecule has 0 radical (unpaired) electrons. The zero-order valence-corrected chi connectivity index (χ0v) is 19.7. The Kier molecular flexibility index (Phi) is 8.78. The fourth-order valence-electron chi connectivity index (χ4n) is 3.40. The van der Waals surface area contributed by atoms with Crippen LogP contribution in [-0.2, 0) is 9.47 Å². The predicted molar refractivity (Wildman–Crippen MR) is 128 cm³/mol. The fourth-order valence-corrected chi connectivity index (χ4v) is 3.40. The summed E-state index contributed by atoms with van der Waals surface area (Å²) < 4.78 is 37.0. The van der Waals surface area contributed by atoms with E-state index in [4.69, 9.17) is 25.5 Å². The smallest absolute Gasteiger partial charge is 0.272 e. The minimum absolute atomic E-state index is 0.000705. The third kappa shape index (κ3) is 6.79. The summed E-state index contributed by atoms with van der Waals surface area (Å²) >= 11 is 0. The highest BCUT2D eigenvalue weighted by molar-refractivity contribution is 5.86. The van der Waals surface area contributed by atoms with Gasteiger partial charge in [-0.05, 0) is 29.3 Å². The van der Waals surface area contributed by atoms with Crippen molar-refractivity contribution in [3.8, 4) is 11.5 Å². The molecule has 0 aliphatic carbocycles. The number of halogens is 1. The van der Waals surface area contributed by atoms with Crippen LogP contribution in [0.1, 0.15) is 11.1 Å². The number of hydrogen-bond donors (Lipinski definition) is 0. The van der Waals surface area contributed by atoms with Crippen LogP contribution in [0.4, 0.5) is 10.1 Å². The second-order valence-corrected chi connectivity index (χ2v) is 7.86. The van der Waals surface area contributed by atoms with Gasteiger partial charge < -0.3 is 23.8 Å². The number of benzene rings is 2. The number of nitro groups is 1. The van der Waals surface area contributed by atoms with Crippen molar-refractivity contribution in [1.29, 1.82) is 0 Å². The Hall–Kier alpha value is -3.94. The topological polar surface area (TPSA) is 87.7 Å². The molecule has 9 nitrogen and oxygen atoms in total. The molecular weight excluding hydrogens is 457 g/mol. The number of methoxy groups -OCH3 is 1. The van der Waals surface area contributed by atoms with Crippen LogP contribution in [0.25, 0.3) is 16.1 Å². The fraction of sp³-hybridized carbons (Fsp3) is 0.320. The van der Waals surface area contributed by atoms with Gasteiger partial charge in [-0.15, -0.1) is 0 Å². The molecule has 2 aromatic carbocycles. The minimum Gasteiger partial charge on any atom is -0.493 e. The van der Waals surface area contributed by atoms with E-state index < -0.39 is 10.7 Å². The molecule has 0 bridgehead atoms. The molecule has 10 heteroatoms. The summed E-state index contributed by atoms with van der Waals surface area (Å²) in [5.74, 6) is 0.148. The van der Waals surface area contributed by atoms with E-state index in [0.717, 1.165) is 6.07 Å². The van der Waals surface area contributed by atoms with Crippen molar-refractivity contribution in [1.82, 2.24) is 4.90 Å². The summed E-state index contributed by atoms with van der Waals surface area (Å²) in [6.07, 6.45) is 3.13. The zero-order valence-electron chi connectivity index (χ0n) is 19.7. The highest BCUT2D eigenvalue weighted by atomic mass is 19.1. The summed E-state index contributed by atoms with van der Waals surface area (Å²) in [5, 5.41) is 10.9. The van der Waals surface area contributed by atoms with Crippen LogP contribution in [-0.4, -0.2) is 63.6 Å². The number of non-ortho nitro benzene ring substituents is 1. The Balaban J connectivity index is 1.93. The molecule has 1 aliphatic heterocycles. The zero-order chi connectivity index (χ0) is 25.4. The lowest BCUT2D eigenvalue weighted by Gasteiger charge is -2.23. The summed E-state index contributed by atoms with van der Waals surface area (Å²) in [6.45, 7) is 9.44. The molecule has 184 valence electrons. The van der Waals surface area contributed by atoms with Crippen molar-refractivity contribution >= 4 is 17.0 Å². The first-order chi connectivity index (χ1) is 16.8. The Morgan fingerprint density at radius 3 is 2.69 bits per heavy atom. The molecule has 1 fully saturated rings. The highest BCUT2D eigenvalue weighted by Crippen LogP contribution is 2.33. The molecule has 1 atom stereocenters. The van der Waals surface area contributed by atoms with Gasteiger partial charge in [0.25, 0.3) is 5.69 Å². The average molecular weight is 483 g/mol. The van der Waals surface area contributed by atoms with E-state index in [1.807, 2.05) is 14.1 Å². The van der Waals surface area contributed by atoms with E-state index in [1.54, 1.807) is 29.3 Å². The van der Waals surface area contributed by atoms with Gasteiger partial charge in [0.2, 0.25) is 0 Å². The van der Waals surface area contributed by atoms with Crippen molar-refractivity contribution in [2.75, 3.05) is 47.6 Å². The van der Waals surface area contributed by atoms with Crippen molar-refractivity contribution in [3.63, 3.8) is 0 Å². The van der Waals surface area contributed by atoms with Crippen molar-refractivity contribution in [2.45, 2.75) is 6.10 Å². The lowest BCUT2D eigenvalue weighted by molar-refractivity contribution is -0.385. The molecular formula is C25H26FN3O6. The third-order valence-corrected chi connectivity index (χ3v) is 5.06. The van der Waals surface area contributed by atoms with E-state index in [-0.39, 0.29) is 23.1 Å². The quantitative estimate of drug-likeness (QED) is 0.226. The predicted octanol–water partition coefficient (Wildman–Crippen LogP) is 4.40. The Morgan fingerprint density at radius 1 is 1.29 bits per heavy atom. The van der Waals surface area contributed by atoms with Crippen LogP contribution in [0, 0.1) is 22.5 Å². The van der Waals surface area contributed by atoms with Gasteiger partial charge in [0.05, 0.1) is 44.5 Å². The minimum atomic E-state index is -0.846. The van der Waals surface area contributed by atoms with E-state index in [9.17, 15) is 14.5 Å². The highest BCUT2D eigenvalue weighted by Gasteiger charge is 2.18. The number of ether oxygens (including phenoxy) is 4. The van der Waals surface area contributed by atoms with Crippen molar-refractivity contribution in [2.24, 2.45) is 0 Å². The molecule has 1 aliphatic rings. The number of allylic oxidation sites excluding steroid dienone is 2. The number of nitro benzene ring substituents is 1. The lowest BCUT2D eigenvalue weighted by Crippen LogP contribution is -2.33. The second-order valence-electron chi connectivity index (χ2n) is 7.86. The van der Waals surface area contributed by atoms with Gasteiger partial charge in [0.1, 0.15) is 18.5 Å². The first-order valence-electron chi connectivity index (χ1n) is 10.7. The Labute approximate surface area is 202 Å². The SMILES string of the molecule is [C-]#[N+]/C(=C\C(=C\N(C)C)c1ccc(OC[C@H]2COCCO2)c(OC)c1)c1ccc([N+](=O)[O-])cc1F. The molecule has 0 unspecified atom stereocenters.